The van der Waals surface area contributed by atoms with Crippen LogP contribution in [-0.4, -0.2) is 18.7 Å². The second-order valence-corrected chi connectivity index (χ2v) is 7.61. The van der Waals surface area contributed by atoms with Gasteiger partial charge in [0.1, 0.15) is 11.6 Å². The van der Waals surface area contributed by atoms with Gasteiger partial charge in [-0.3, -0.25) is 9.36 Å². The number of fused-ring (bicyclic) bond motifs is 1. The topological polar surface area (TPSA) is 61.8 Å². The van der Waals surface area contributed by atoms with E-state index in [1.807, 2.05) is 36.4 Å². The van der Waals surface area contributed by atoms with Gasteiger partial charge in [-0.25, -0.2) is 23.1 Å². The molecule has 0 atom stereocenters. The van der Waals surface area contributed by atoms with E-state index in [4.69, 9.17) is 0 Å². The fraction of sp³-hybridized carbons (Fsp3) is 0.0800. The van der Waals surface area contributed by atoms with Crippen molar-refractivity contribution in [3.8, 4) is 5.69 Å². The zero-order valence-electron chi connectivity index (χ0n) is 17.4. The van der Waals surface area contributed by atoms with Crippen molar-refractivity contribution in [2.24, 2.45) is 0 Å². The number of halogens is 2. The van der Waals surface area contributed by atoms with E-state index in [9.17, 15) is 18.4 Å². The zero-order chi connectivity index (χ0) is 22.9. The summed E-state index contributed by atoms with van der Waals surface area (Å²) >= 11 is 0. The van der Waals surface area contributed by atoms with E-state index in [2.05, 4.69) is 4.98 Å². The second kappa shape index (κ2) is 8.31. The number of hydrogen-bond donors (Lipinski definition) is 0. The molecule has 33 heavy (non-hydrogen) atoms. The molecule has 6 nitrogen and oxygen atoms in total. The summed E-state index contributed by atoms with van der Waals surface area (Å²) in [5, 5.41) is 0. The lowest BCUT2D eigenvalue weighted by Crippen LogP contribution is -2.40. The van der Waals surface area contributed by atoms with Gasteiger partial charge in [0.25, 0.3) is 5.56 Å². The molecule has 0 radical (unpaired) electrons. The molecule has 0 aliphatic heterocycles. The summed E-state index contributed by atoms with van der Waals surface area (Å²) in [6.45, 7) is 0.0214. The van der Waals surface area contributed by atoms with Gasteiger partial charge in [0.05, 0.1) is 25.1 Å². The minimum atomic E-state index is -0.724. The molecule has 0 saturated heterocycles. The van der Waals surface area contributed by atoms with Crippen LogP contribution in [0.25, 0.3) is 16.9 Å². The standard InChI is InChI=1S/C25H18F2N4O2/c26-19-12-11-18(21(27)13-19)15-29-16-28-23-22(29)24(32)30(14-17-7-3-1-4-8-17)25(33)31(23)20-9-5-2-6-10-20/h1-13,16H,14-15H2. The van der Waals surface area contributed by atoms with E-state index in [1.54, 1.807) is 24.3 Å². The first-order valence-electron chi connectivity index (χ1n) is 10.3. The van der Waals surface area contributed by atoms with Crippen molar-refractivity contribution in [2.75, 3.05) is 0 Å². The van der Waals surface area contributed by atoms with E-state index in [1.165, 1.54) is 21.5 Å². The molecule has 5 aromatic rings. The highest BCUT2D eigenvalue weighted by Crippen LogP contribution is 2.17. The number of nitrogens with zero attached hydrogens (tertiary/aromatic N) is 4. The fourth-order valence-corrected chi connectivity index (χ4v) is 3.85. The number of para-hydroxylation sites is 1. The van der Waals surface area contributed by atoms with Gasteiger partial charge in [0, 0.05) is 11.6 Å². The monoisotopic (exact) mass is 444 g/mol. The van der Waals surface area contributed by atoms with E-state index >= 15 is 0 Å². The van der Waals surface area contributed by atoms with Crippen LogP contribution in [0.4, 0.5) is 8.78 Å². The molecular formula is C25H18F2N4O2. The Hall–Kier alpha value is -4.33. The van der Waals surface area contributed by atoms with Gasteiger partial charge >= 0.3 is 5.69 Å². The van der Waals surface area contributed by atoms with Crippen molar-refractivity contribution in [2.45, 2.75) is 13.1 Å². The Morgan fingerprint density at radius 3 is 2.21 bits per heavy atom. The van der Waals surface area contributed by atoms with Crippen molar-refractivity contribution in [1.29, 1.82) is 0 Å². The van der Waals surface area contributed by atoms with Crippen molar-refractivity contribution in [3.05, 3.63) is 129 Å². The van der Waals surface area contributed by atoms with Gasteiger partial charge in [-0.05, 0) is 23.8 Å². The number of benzene rings is 3. The molecule has 2 aromatic heterocycles. The summed E-state index contributed by atoms with van der Waals surface area (Å²) in [6, 6.07) is 21.3. The average molecular weight is 444 g/mol. The summed E-state index contributed by atoms with van der Waals surface area (Å²) < 4.78 is 31.6. The Kier molecular flexibility index (Phi) is 5.18. The third kappa shape index (κ3) is 3.76. The quantitative estimate of drug-likeness (QED) is 0.415. The molecule has 5 rings (SSSR count). The second-order valence-electron chi connectivity index (χ2n) is 7.61. The number of rotatable bonds is 5. The number of hydrogen-bond acceptors (Lipinski definition) is 3. The van der Waals surface area contributed by atoms with Gasteiger partial charge in [-0.15, -0.1) is 0 Å². The van der Waals surface area contributed by atoms with Crippen LogP contribution in [0.3, 0.4) is 0 Å². The molecule has 0 saturated carbocycles. The van der Waals surface area contributed by atoms with Crippen molar-refractivity contribution >= 4 is 11.2 Å². The third-order valence-electron chi connectivity index (χ3n) is 5.45. The Labute approximate surface area is 186 Å². The lowest BCUT2D eigenvalue weighted by Gasteiger charge is -2.13. The van der Waals surface area contributed by atoms with E-state index in [-0.39, 0.29) is 29.8 Å². The smallest absolute Gasteiger partial charge is 0.320 e. The highest BCUT2D eigenvalue weighted by Gasteiger charge is 2.20. The van der Waals surface area contributed by atoms with E-state index in [0.717, 1.165) is 22.3 Å². The summed E-state index contributed by atoms with van der Waals surface area (Å²) in [6.07, 6.45) is 1.39. The minimum absolute atomic E-state index is 0.0455. The highest BCUT2D eigenvalue weighted by molar-refractivity contribution is 5.72. The van der Waals surface area contributed by atoms with Gasteiger partial charge in [0.15, 0.2) is 11.2 Å². The van der Waals surface area contributed by atoms with Crippen molar-refractivity contribution < 1.29 is 8.78 Å². The molecule has 0 spiro atoms. The van der Waals surface area contributed by atoms with Crippen LogP contribution in [0.5, 0.6) is 0 Å². The number of aromatic nitrogens is 4. The first kappa shape index (κ1) is 20.6. The van der Waals surface area contributed by atoms with Crippen LogP contribution < -0.4 is 11.2 Å². The summed E-state index contributed by atoms with van der Waals surface area (Å²) in [4.78, 5) is 31.3. The molecule has 0 aliphatic rings. The molecule has 0 aliphatic carbocycles. The Bertz CT molecular complexity index is 1570. The largest absolute Gasteiger partial charge is 0.337 e. The Morgan fingerprint density at radius 1 is 0.818 bits per heavy atom. The fourth-order valence-electron chi connectivity index (χ4n) is 3.85. The third-order valence-corrected chi connectivity index (χ3v) is 5.45. The molecule has 0 amide bonds. The number of imidazole rings is 1. The Morgan fingerprint density at radius 2 is 1.52 bits per heavy atom. The normalized spacial score (nSPS) is 11.2. The average Bonchev–Trinajstić information content (AvgIpc) is 3.23. The SMILES string of the molecule is O=c1c2c(ncn2Cc2ccc(F)cc2F)n(-c2ccccc2)c(=O)n1Cc1ccccc1. The maximum atomic E-state index is 14.3. The van der Waals surface area contributed by atoms with E-state index < -0.39 is 22.9 Å². The van der Waals surface area contributed by atoms with Gasteiger partial charge in [0.2, 0.25) is 0 Å². The van der Waals surface area contributed by atoms with Crippen LogP contribution in [0.2, 0.25) is 0 Å². The van der Waals surface area contributed by atoms with Crippen LogP contribution in [0, 0.1) is 11.6 Å². The summed E-state index contributed by atoms with van der Waals surface area (Å²) in [7, 11) is 0. The predicted octanol–water partition coefficient (Wildman–Crippen LogP) is 3.72. The molecule has 0 fully saturated rings. The Balaban J connectivity index is 1.75. The van der Waals surface area contributed by atoms with Gasteiger partial charge in [-0.2, -0.15) is 0 Å². The zero-order valence-corrected chi connectivity index (χ0v) is 17.4. The molecule has 164 valence electrons. The van der Waals surface area contributed by atoms with Crippen LogP contribution in [0.1, 0.15) is 11.1 Å². The lowest BCUT2D eigenvalue weighted by atomic mass is 10.2. The molecule has 2 heterocycles. The lowest BCUT2D eigenvalue weighted by molar-refractivity contribution is 0.567. The van der Waals surface area contributed by atoms with Crippen LogP contribution in [0.15, 0.2) is 94.8 Å². The summed E-state index contributed by atoms with van der Waals surface area (Å²) in [5.74, 6) is -1.41. The molecule has 8 heteroatoms. The first-order valence-corrected chi connectivity index (χ1v) is 10.3. The maximum absolute atomic E-state index is 14.3. The first-order chi connectivity index (χ1) is 16.0. The van der Waals surface area contributed by atoms with Gasteiger partial charge in [-0.1, -0.05) is 54.6 Å². The van der Waals surface area contributed by atoms with Crippen LogP contribution >= 0.6 is 0 Å². The predicted molar refractivity (Wildman–Crippen MR) is 121 cm³/mol. The molecule has 0 bridgehead atoms. The highest BCUT2D eigenvalue weighted by atomic mass is 19.1. The van der Waals surface area contributed by atoms with Gasteiger partial charge < -0.3 is 4.57 Å². The molecular weight excluding hydrogens is 426 g/mol. The minimum Gasteiger partial charge on any atom is -0.320 e. The van der Waals surface area contributed by atoms with Crippen LogP contribution in [-0.2, 0) is 13.1 Å². The van der Waals surface area contributed by atoms with Crippen molar-refractivity contribution in [1.82, 2.24) is 18.7 Å². The maximum Gasteiger partial charge on any atom is 0.337 e. The van der Waals surface area contributed by atoms with E-state index in [0.29, 0.717) is 5.69 Å². The molecule has 3 aromatic carbocycles. The molecule has 0 N–H and O–H groups in total. The van der Waals surface area contributed by atoms with Crippen molar-refractivity contribution in [3.63, 3.8) is 0 Å². The summed E-state index contributed by atoms with van der Waals surface area (Å²) in [5.41, 5.74) is 0.786. The molecule has 0 unspecified atom stereocenters.